The number of aliphatic hydroxyl groups is 1. The molecule has 7 atom stereocenters. The fourth-order valence-electron chi connectivity index (χ4n) is 6.77. The molecule has 0 unspecified atom stereocenters. The number of nitrogens with two attached hydrogens (primary N) is 1. The third-order valence-electron chi connectivity index (χ3n) is 9.41. The van der Waals surface area contributed by atoms with E-state index in [1.54, 1.807) is 13.1 Å². The van der Waals surface area contributed by atoms with Crippen molar-refractivity contribution in [3.63, 3.8) is 0 Å². The highest BCUT2D eigenvalue weighted by Crippen LogP contribution is 2.37. The molecule has 2 aliphatic rings. The fourth-order valence-corrected chi connectivity index (χ4v) is 6.77. The minimum absolute atomic E-state index is 0.0120. The Morgan fingerprint density at radius 3 is 2.68 bits per heavy atom. The number of guanidine groups is 1. The topological polar surface area (TPSA) is 138 Å². The van der Waals surface area contributed by atoms with Gasteiger partial charge in [-0.15, -0.1) is 0 Å². The summed E-state index contributed by atoms with van der Waals surface area (Å²) in [6.45, 7) is 5.27. The van der Waals surface area contributed by atoms with Gasteiger partial charge in [-0.1, -0.05) is 49.7 Å². The lowest BCUT2D eigenvalue weighted by Gasteiger charge is -2.37. The number of aromatic hydroxyl groups is 1. The van der Waals surface area contributed by atoms with E-state index >= 15 is 0 Å². The number of hydrogen-bond donors (Lipinski definition) is 5. The number of ether oxygens (including phenoxy) is 2. The summed E-state index contributed by atoms with van der Waals surface area (Å²) in [5.74, 6) is 1.76. The molecule has 9 heteroatoms. The summed E-state index contributed by atoms with van der Waals surface area (Å²) < 4.78 is 12.0. The normalized spacial score (nSPS) is 25.5. The van der Waals surface area contributed by atoms with Gasteiger partial charge in [0.1, 0.15) is 12.2 Å². The summed E-state index contributed by atoms with van der Waals surface area (Å²) in [6, 6.07) is 16.2. The number of aliphatic hydroxyl groups excluding tert-OH is 1. The molecule has 9 nitrogen and oxygen atoms in total. The summed E-state index contributed by atoms with van der Waals surface area (Å²) in [5, 5.41) is 28.6. The van der Waals surface area contributed by atoms with Gasteiger partial charge in [0.2, 0.25) is 0 Å². The second kappa shape index (κ2) is 16.7. The van der Waals surface area contributed by atoms with Crippen molar-refractivity contribution >= 4 is 11.9 Å². The van der Waals surface area contributed by atoms with E-state index in [0.717, 1.165) is 57.2 Å². The van der Waals surface area contributed by atoms with Crippen LogP contribution in [0.4, 0.5) is 0 Å². The predicted octanol–water partition coefficient (Wildman–Crippen LogP) is 4.34. The van der Waals surface area contributed by atoms with Crippen LogP contribution >= 0.6 is 0 Å². The van der Waals surface area contributed by atoms with Crippen molar-refractivity contribution < 1.29 is 24.5 Å². The number of hydrogen-bond acceptors (Lipinski definition) is 7. The quantitative estimate of drug-likeness (QED) is 0.129. The van der Waals surface area contributed by atoms with Gasteiger partial charge in [-0.3, -0.25) is 9.79 Å². The van der Waals surface area contributed by atoms with Gasteiger partial charge in [0.25, 0.3) is 0 Å². The maximum atomic E-state index is 12.0. The lowest BCUT2D eigenvalue weighted by atomic mass is 9.72. The molecule has 2 aromatic rings. The minimum atomic E-state index is -0.561. The first kappa shape index (κ1) is 33.6. The van der Waals surface area contributed by atoms with Crippen LogP contribution in [-0.4, -0.2) is 66.6 Å². The minimum Gasteiger partial charge on any atom is -0.504 e. The molecule has 2 fully saturated rings. The zero-order valence-corrected chi connectivity index (χ0v) is 26.6. The number of rotatable bonds is 13. The molecule has 2 aromatic carbocycles. The van der Waals surface area contributed by atoms with Crippen LogP contribution in [-0.2, 0) is 22.4 Å². The molecule has 1 saturated carbocycles. The number of aliphatic imine (C=N–C) groups is 1. The van der Waals surface area contributed by atoms with Gasteiger partial charge in [0.15, 0.2) is 17.5 Å². The highest BCUT2D eigenvalue weighted by Gasteiger charge is 2.33. The first-order chi connectivity index (χ1) is 21.2. The smallest absolute Gasteiger partial charge is 0.302 e. The van der Waals surface area contributed by atoms with Crippen LogP contribution in [0, 0.1) is 17.8 Å². The van der Waals surface area contributed by atoms with E-state index in [1.165, 1.54) is 12.5 Å². The molecule has 0 radical (unpaired) electrons. The number of phenolic OH excluding ortho intramolecular Hbond substituents is 1. The van der Waals surface area contributed by atoms with Gasteiger partial charge < -0.3 is 36.1 Å². The third-order valence-corrected chi connectivity index (χ3v) is 9.41. The Morgan fingerprint density at radius 1 is 1.14 bits per heavy atom. The molecule has 1 heterocycles. The van der Waals surface area contributed by atoms with Crippen molar-refractivity contribution in [2.75, 3.05) is 20.1 Å². The van der Waals surface area contributed by atoms with Crippen LogP contribution in [0.25, 0.3) is 0 Å². The third kappa shape index (κ3) is 10.4. The van der Waals surface area contributed by atoms with Gasteiger partial charge in [0, 0.05) is 33.0 Å². The summed E-state index contributed by atoms with van der Waals surface area (Å²) in [7, 11) is 1.66. The summed E-state index contributed by atoms with van der Waals surface area (Å²) in [6.07, 6.45) is 6.21. The number of carbonyl (C=O) groups excluding carboxylic acids is 1. The second-order valence-corrected chi connectivity index (χ2v) is 12.8. The predicted molar refractivity (Wildman–Crippen MR) is 174 cm³/mol. The van der Waals surface area contributed by atoms with E-state index in [1.807, 2.05) is 18.2 Å². The zero-order valence-electron chi connectivity index (χ0n) is 26.6. The Hall–Kier alpha value is -3.30. The summed E-state index contributed by atoms with van der Waals surface area (Å²) in [4.78, 5) is 15.9. The van der Waals surface area contributed by atoms with E-state index in [0.29, 0.717) is 48.8 Å². The number of benzene rings is 2. The van der Waals surface area contributed by atoms with Crippen molar-refractivity contribution in [2.45, 2.75) is 96.0 Å². The lowest BCUT2D eigenvalue weighted by Crippen LogP contribution is -2.43. The van der Waals surface area contributed by atoms with Crippen LogP contribution in [0.3, 0.4) is 0 Å². The van der Waals surface area contributed by atoms with Crippen molar-refractivity contribution in [3.8, 4) is 11.5 Å². The van der Waals surface area contributed by atoms with Gasteiger partial charge in [0.05, 0.1) is 6.10 Å². The average molecular weight is 609 g/mol. The molecule has 0 bridgehead atoms. The van der Waals surface area contributed by atoms with E-state index in [2.05, 4.69) is 46.8 Å². The number of piperidine rings is 1. The SMILES string of the molecule is CN=C(N)NC[C@@H]1C[C@H]([C@H](O)C[C@@H](CCc2ccc(O)c(O[C@H]3CCN[C@H](Cc4ccccc4)C3)c2)OC(C)=O)CC[C@@H]1C. The largest absolute Gasteiger partial charge is 0.504 e. The van der Waals surface area contributed by atoms with E-state index < -0.39 is 12.2 Å². The van der Waals surface area contributed by atoms with Crippen LogP contribution in [0.2, 0.25) is 0 Å². The highest BCUT2D eigenvalue weighted by molar-refractivity contribution is 5.77. The Balaban J connectivity index is 1.31. The van der Waals surface area contributed by atoms with Gasteiger partial charge in [-0.25, -0.2) is 0 Å². The second-order valence-electron chi connectivity index (χ2n) is 12.8. The lowest BCUT2D eigenvalue weighted by molar-refractivity contribution is -0.148. The molecule has 44 heavy (non-hydrogen) atoms. The van der Waals surface area contributed by atoms with Crippen LogP contribution in [0.5, 0.6) is 11.5 Å². The van der Waals surface area contributed by atoms with E-state index in [-0.39, 0.29) is 23.7 Å². The Bertz CT molecular complexity index is 1210. The van der Waals surface area contributed by atoms with Crippen molar-refractivity contribution in [1.29, 1.82) is 0 Å². The van der Waals surface area contributed by atoms with Gasteiger partial charge >= 0.3 is 5.97 Å². The number of phenols is 1. The van der Waals surface area contributed by atoms with Gasteiger partial charge in [-0.05, 0) is 92.5 Å². The Morgan fingerprint density at radius 2 is 1.93 bits per heavy atom. The molecule has 0 aromatic heterocycles. The Kier molecular flexibility index (Phi) is 12.7. The first-order valence-corrected chi connectivity index (χ1v) is 16.3. The molecule has 1 aliphatic carbocycles. The summed E-state index contributed by atoms with van der Waals surface area (Å²) in [5.41, 5.74) is 8.12. The van der Waals surface area contributed by atoms with Gasteiger partial charge in [-0.2, -0.15) is 0 Å². The standard InChI is InChI=1S/C35H52N4O5/c1-23-9-12-27(19-28(23)22-39-35(36)37-3)33(42)21-30(43-24(2)40)13-10-26-11-14-32(41)34(18-26)44-31-15-16-38-29(20-31)17-25-7-5-4-6-8-25/h4-8,11,14,18,23,27-31,33,38,41-42H,9-10,12-13,15-17,19-22H2,1-3H3,(H3,36,37,39)/t23-,27+,28-,29+,30+,31-,33+/m0/s1. The first-order valence-electron chi connectivity index (χ1n) is 16.3. The number of esters is 1. The number of nitrogens with one attached hydrogen (secondary N) is 2. The molecule has 242 valence electrons. The maximum Gasteiger partial charge on any atom is 0.302 e. The van der Waals surface area contributed by atoms with E-state index in [9.17, 15) is 15.0 Å². The molecule has 1 saturated heterocycles. The van der Waals surface area contributed by atoms with Crippen LogP contribution in [0.1, 0.15) is 69.9 Å². The van der Waals surface area contributed by atoms with Crippen molar-refractivity contribution in [3.05, 3.63) is 59.7 Å². The fraction of sp³-hybridized carbons (Fsp3) is 0.600. The number of carbonyl (C=O) groups is 1. The Labute approximate surface area is 262 Å². The van der Waals surface area contributed by atoms with E-state index in [4.69, 9.17) is 15.2 Å². The molecule has 4 rings (SSSR count). The number of nitrogens with zero attached hydrogens (tertiary/aromatic N) is 1. The molecule has 6 N–H and O–H groups in total. The zero-order chi connectivity index (χ0) is 31.5. The monoisotopic (exact) mass is 608 g/mol. The van der Waals surface area contributed by atoms with Crippen molar-refractivity contribution in [2.24, 2.45) is 28.5 Å². The van der Waals surface area contributed by atoms with Crippen LogP contribution < -0.4 is 21.1 Å². The number of aryl methyl sites for hydroxylation is 1. The highest BCUT2D eigenvalue weighted by atomic mass is 16.5. The summed E-state index contributed by atoms with van der Waals surface area (Å²) >= 11 is 0. The molecular weight excluding hydrogens is 556 g/mol. The molecule has 0 spiro atoms. The van der Waals surface area contributed by atoms with Crippen molar-refractivity contribution in [1.82, 2.24) is 10.6 Å². The molecular formula is C35H52N4O5. The average Bonchev–Trinajstić information content (AvgIpc) is 3.01. The maximum absolute atomic E-state index is 12.0. The molecule has 0 amide bonds. The van der Waals surface area contributed by atoms with Crippen LogP contribution in [0.15, 0.2) is 53.5 Å². The molecule has 1 aliphatic heterocycles.